The zero-order chi connectivity index (χ0) is 15.7. The lowest BCUT2D eigenvalue weighted by Gasteiger charge is -2.06. The molecule has 0 radical (unpaired) electrons. The molecule has 2 heterocycles. The molecule has 0 fully saturated rings. The van der Waals surface area contributed by atoms with Crippen LogP contribution >= 0.6 is 34.3 Å². The molecule has 0 saturated heterocycles. The monoisotopic (exact) mass is 348 g/mol. The number of aryl methyl sites for hydroxylation is 2. The Kier molecular flexibility index (Phi) is 4.29. The summed E-state index contributed by atoms with van der Waals surface area (Å²) in [5.41, 5.74) is 3.52. The van der Waals surface area contributed by atoms with Crippen molar-refractivity contribution in [3.8, 4) is 10.6 Å². The summed E-state index contributed by atoms with van der Waals surface area (Å²) in [6, 6.07) is 9.60. The number of rotatable bonds is 3. The number of amides is 1. The predicted octanol–water partition coefficient (Wildman–Crippen LogP) is 5.39. The molecule has 0 unspecified atom stereocenters. The normalized spacial score (nSPS) is 10.7. The van der Waals surface area contributed by atoms with E-state index in [0.29, 0.717) is 10.7 Å². The first-order valence-electron chi connectivity index (χ1n) is 6.63. The molecule has 0 atom stereocenters. The lowest BCUT2D eigenvalue weighted by molar-refractivity contribution is 0.102. The van der Waals surface area contributed by atoms with E-state index in [2.05, 4.69) is 10.3 Å². The van der Waals surface area contributed by atoms with Gasteiger partial charge in [-0.2, -0.15) is 0 Å². The molecule has 112 valence electrons. The minimum atomic E-state index is -0.133. The largest absolute Gasteiger partial charge is 0.298 e. The highest BCUT2D eigenvalue weighted by Gasteiger charge is 2.13. The number of nitrogens with zero attached hydrogens (tertiary/aromatic N) is 1. The first-order valence-corrected chi connectivity index (χ1v) is 8.70. The highest BCUT2D eigenvalue weighted by molar-refractivity contribution is 7.20. The molecular weight excluding hydrogens is 336 g/mol. The molecule has 3 rings (SSSR count). The van der Waals surface area contributed by atoms with E-state index in [1.54, 1.807) is 0 Å². The Balaban J connectivity index is 1.80. The molecule has 22 heavy (non-hydrogen) atoms. The van der Waals surface area contributed by atoms with Gasteiger partial charge >= 0.3 is 0 Å². The quantitative estimate of drug-likeness (QED) is 0.689. The van der Waals surface area contributed by atoms with Crippen LogP contribution in [0.15, 0.2) is 35.7 Å². The number of thiophene rings is 1. The first kappa shape index (κ1) is 15.2. The Bertz CT molecular complexity index is 838. The zero-order valence-corrected chi connectivity index (χ0v) is 14.4. The van der Waals surface area contributed by atoms with E-state index < -0.39 is 0 Å². The molecule has 6 heteroatoms. The third-order valence-electron chi connectivity index (χ3n) is 3.19. The van der Waals surface area contributed by atoms with Crippen LogP contribution in [0.2, 0.25) is 4.34 Å². The summed E-state index contributed by atoms with van der Waals surface area (Å²) < 4.78 is 0.726. The van der Waals surface area contributed by atoms with Gasteiger partial charge < -0.3 is 0 Å². The van der Waals surface area contributed by atoms with E-state index in [1.807, 2.05) is 49.6 Å². The smallest absolute Gasteiger partial charge is 0.257 e. The van der Waals surface area contributed by atoms with Gasteiger partial charge in [0.25, 0.3) is 5.91 Å². The average Bonchev–Trinajstić information content (AvgIpc) is 3.10. The number of nitrogens with one attached hydrogen (secondary N) is 1. The molecule has 1 amide bonds. The standard InChI is InChI=1S/C16H13ClN2OS2/c1-9-3-4-10(2)11(7-9)15(20)19-16-18-12(8-21-16)13-5-6-14(17)22-13/h3-8H,1-2H3,(H,18,19,20). The highest BCUT2D eigenvalue weighted by Crippen LogP contribution is 2.33. The van der Waals surface area contributed by atoms with Crippen molar-refractivity contribution in [2.24, 2.45) is 0 Å². The number of hydrogen-bond acceptors (Lipinski definition) is 4. The van der Waals surface area contributed by atoms with Crippen molar-refractivity contribution in [2.75, 3.05) is 5.32 Å². The Labute approximate surface area is 141 Å². The number of carbonyl (C=O) groups is 1. The Hall–Kier alpha value is -1.69. The molecule has 1 aromatic carbocycles. The second-order valence-electron chi connectivity index (χ2n) is 4.91. The molecule has 2 aromatic heterocycles. The molecule has 3 nitrogen and oxygen atoms in total. The Morgan fingerprint density at radius 1 is 1.23 bits per heavy atom. The van der Waals surface area contributed by atoms with Gasteiger partial charge in [-0.15, -0.1) is 22.7 Å². The summed E-state index contributed by atoms with van der Waals surface area (Å²) in [5, 5.41) is 5.37. The number of halogens is 1. The maximum Gasteiger partial charge on any atom is 0.257 e. The van der Waals surface area contributed by atoms with Crippen molar-refractivity contribution in [3.63, 3.8) is 0 Å². The molecule has 0 spiro atoms. The summed E-state index contributed by atoms with van der Waals surface area (Å²) in [7, 11) is 0. The average molecular weight is 349 g/mol. The lowest BCUT2D eigenvalue weighted by atomic mass is 10.1. The maximum atomic E-state index is 12.4. The molecule has 3 aromatic rings. The van der Waals surface area contributed by atoms with Crippen molar-refractivity contribution >= 4 is 45.3 Å². The Morgan fingerprint density at radius 3 is 2.77 bits per heavy atom. The number of hydrogen-bond donors (Lipinski definition) is 1. The predicted molar refractivity (Wildman–Crippen MR) is 94.3 cm³/mol. The second kappa shape index (κ2) is 6.20. The molecule has 0 aliphatic carbocycles. The molecule has 1 N–H and O–H groups in total. The van der Waals surface area contributed by atoms with Crippen LogP contribution < -0.4 is 5.32 Å². The number of benzene rings is 1. The summed E-state index contributed by atoms with van der Waals surface area (Å²) in [6.07, 6.45) is 0. The van der Waals surface area contributed by atoms with E-state index >= 15 is 0 Å². The van der Waals surface area contributed by atoms with Gasteiger partial charge in [0.2, 0.25) is 0 Å². The van der Waals surface area contributed by atoms with Gasteiger partial charge in [-0.05, 0) is 37.6 Å². The van der Waals surface area contributed by atoms with Gasteiger partial charge in [-0.25, -0.2) is 4.98 Å². The van der Waals surface area contributed by atoms with Crippen LogP contribution in [0.5, 0.6) is 0 Å². The number of anilines is 1. The van der Waals surface area contributed by atoms with E-state index in [1.165, 1.54) is 22.7 Å². The number of thiazole rings is 1. The van der Waals surface area contributed by atoms with Crippen molar-refractivity contribution in [1.29, 1.82) is 0 Å². The fourth-order valence-electron chi connectivity index (χ4n) is 2.04. The van der Waals surface area contributed by atoms with Gasteiger partial charge in [0.15, 0.2) is 5.13 Å². The third-order valence-corrected chi connectivity index (χ3v) is 5.20. The molecular formula is C16H13ClN2OS2. The fraction of sp³-hybridized carbons (Fsp3) is 0.125. The van der Waals surface area contributed by atoms with Gasteiger partial charge in [-0.1, -0.05) is 29.3 Å². The molecule has 0 aliphatic rings. The lowest BCUT2D eigenvalue weighted by Crippen LogP contribution is -2.13. The van der Waals surface area contributed by atoms with Crippen molar-refractivity contribution in [2.45, 2.75) is 13.8 Å². The van der Waals surface area contributed by atoms with Crippen LogP contribution in [0.4, 0.5) is 5.13 Å². The maximum absolute atomic E-state index is 12.4. The third kappa shape index (κ3) is 3.21. The summed E-state index contributed by atoms with van der Waals surface area (Å²) in [5.74, 6) is -0.133. The van der Waals surface area contributed by atoms with E-state index in [4.69, 9.17) is 11.6 Å². The van der Waals surface area contributed by atoms with Gasteiger partial charge in [0.1, 0.15) is 0 Å². The van der Waals surface area contributed by atoms with Gasteiger partial charge in [0.05, 0.1) is 14.9 Å². The van der Waals surface area contributed by atoms with Crippen LogP contribution in [-0.2, 0) is 0 Å². The molecule has 0 saturated carbocycles. The molecule has 0 aliphatic heterocycles. The van der Waals surface area contributed by atoms with Crippen LogP contribution in [-0.4, -0.2) is 10.9 Å². The summed E-state index contributed by atoms with van der Waals surface area (Å²) in [6.45, 7) is 3.90. The SMILES string of the molecule is Cc1ccc(C)c(C(=O)Nc2nc(-c3ccc(Cl)s3)cs2)c1. The van der Waals surface area contributed by atoms with Gasteiger partial charge in [0, 0.05) is 10.9 Å². The Morgan fingerprint density at radius 2 is 2.05 bits per heavy atom. The van der Waals surface area contributed by atoms with Crippen molar-refractivity contribution < 1.29 is 4.79 Å². The fourth-order valence-corrected chi connectivity index (χ4v) is 3.83. The summed E-state index contributed by atoms with van der Waals surface area (Å²) >= 11 is 8.82. The zero-order valence-electron chi connectivity index (χ0n) is 12.0. The van der Waals surface area contributed by atoms with E-state index in [9.17, 15) is 4.79 Å². The van der Waals surface area contributed by atoms with Crippen LogP contribution in [0.1, 0.15) is 21.5 Å². The topological polar surface area (TPSA) is 42.0 Å². The highest BCUT2D eigenvalue weighted by atomic mass is 35.5. The summed E-state index contributed by atoms with van der Waals surface area (Å²) in [4.78, 5) is 17.8. The van der Waals surface area contributed by atoms with E-state index in [0.717, 1.165) is 26.0 Å². The minimum absolute atomic E-state index is 0.133. The molecule has 0 bridgehead atoms. The number of aromatic nitrogens is 1. The van der Waals surface area contributed by atoms with Crippen molar-refractivity contribution in [3.05, 3.63) is 56.7 Å². The van der Waals surface area contributed by atoms with Crippen LogP contribution in [0.3, 0.4) is 0 Å². The van der Waals surface area contributed by atoms with Crippen LogP contribution in [0.25, 0.3) is 10.6 Å². The van der Waals surface area contributed by atoms with Gasteiger partial charge in [-0.3, -0.25) is 10.1 Å². The van der Waals surface area contributed by atoms with Crippen molar-refractivity contribution in [1.82, 2.24) is 4.98 Å². The van der Waals surface area contributed by atoms with Crippen LogP contribution in [0, 0.1) is 13.8 Å². The first-order chi connectivity index (χ1) is 10.5. The second-order valence-corrected chi connectivity index (χ2v) is 7.49. The number of carbonyl (C=O) groups excluding carboxylic acids is 1. The van der Waals surface area contributed by atoms with E-state index in [-0.39, 0.29) is 5.91 Å². The minimum Gasteiger partial charge on any atom is -0.298 e.